The second kappa shape index (κ2) is 5.19. The minimum atomic E-state index is -0.159. The predicted octanol–water partition coefficient (Wildman–Crippen LogP) is 2.51. The van der Waals surface area contributed by atoms with E-state index in [4.69, 9.17) is 0 Å². The second-order valence-corrected chi connectivity index (χ2v) is 5.44. The molecule has 2 nitrogen and oxygen atoms in total. The number of aliphatic hydroxyl groups excluding tert-OH is 1. The number of piperidine rings is 1. The summed E-state index contributed by atoms with van der Waals surface area (Å²) in [5.41, 5.74) is 4.14. The van der Waals surface area contributed by atoms with E-state index < -0.39 is 0 Å². The van der Waals surface area contributed by atoms with Crippen molar-refractivity contribution in [1.82, 2.24) is 4.90 Å². The monoisotopic (exact) mass is 233 g/mol. The van der Waals surface area contributed by atoms with Crippen LogP contribution in [0.1, 0.15) is 30.0 Å². The highest BCUT2D eigenvalue weighted by Gasteiger charge is 2.24. The van der Waals surface area contributed by atoms with Crippen LogP contribution in [0.5, 0.6) is 0 Å². The highest BCUT2D eigenvalue weighted by Crippen LogP contribution is 2.21. The number of likely N-dealkylation sites (tertiary alicyclic amines) is 1. The molecule has 2 heteroatoms. The molecular formula is C15H23NO. The topological polar surface area (TPSA) is 23.5 Å². The van der Waals surface area contributed by atoms with Crippen molar-refractivity contribution in [2.45, 2.75) is 39.8 Å². The van der Waals surface area contributed by atoms with E-state index in [1.807, 2.05) is 0 Å². The fourth-order valence-electron chi connectivity index (χ4n) is 2.58. The Morgan fingerprint density at radius 2 is 1.94 bits per heavy atom. The molecule has 94 valence electrons. The number of aryl methyl sites for hydroxylation is 2. The number of rotatable bonds is 2. The molecule has 2 rings (SSSR count). The second-order valence-electron chi connectivity index (χ2n) is 5.44. The summed E-state index contributed by atoms with van der Waals surface area (Å²) in [6, 6.07) is 6.46. The molecule has 0 saturated carbocycles. The predicted molar refractivity (Wildman–Crippen MR) is 71.0 cm³/mol. The molecule has 1 aromatic carbocycles. The normalized spacial score (nSPS) is 26.1. The number of benzene rings is 1. The summed E-state index contributed by atoms with van der Waals surface area (Å²) in [4.78, 5) is 2.38. The Morgan fingerprint density at radius 1 is 1.29 bits per heavy atom. The molecule has 0 spiro atoms. The smallest absolute Gasteiger partial charge is 0.0693 e. The molecule has 2 atom stereocenters. The summed E-state index contributed by atoms with van der Waals surface area (Å²) in [5, 5.41) is 9.92. The maximum atomic E-state index is 9.92. The Balaban J connectivity index is 2.06. The number of aliphatic hydroxyl groups is 1. The largest absolute Gasteiger partial charge is 0.392 e. The molecule has 1 N–H and O–H groups in total. The van der Waals surface area contributed by atoms with Gasteiger partial charge in [0.1, 0.15) is 0 Å². The van der Waals surface area contributed by atoms with Crippen LogP contribution in [0, 0.1) is 19.8 Å². The van der Waals surface area contributed by atoms with E-state index in [2.05, 4.69) is 43.9 Å². The lowest BCUT2D eigenvalue weighted by atomic mass is 9.95. The van der Waals surface area contributed by atoms with Gasteiger partial charge in [-0.15, -0.1) is 0 Å². The zero-order valence-electron chi connectivity index (χ0n) is 11.1. The molecule has 2 unspecified atom stereocenters. The van der Waals surface area contributed by atoms with E-state index in [0.29, 0.717) is 5.92 Å². The Labute approximate surface area is 104 Å². The van der Waals surface area contributed by atoms with Crippen LogP contribution in [0.3, 0.4) is 0 Å². The Bertz CT molecular complexity index is 368. The molecule has 0 radical (unpaired) electrons. The van der Waals surface area contributed by atoms with Crippen LogP contribution in [-0.2, 0) is 6.54 Å². The van der Waals surface area contributed by atoms with Gasteiger partial charge in [0.15, 0.2) is 0 Å². The maximum Gasteiger partial charge on any atom is 0.0693 e. The van der Waals surface area contributed by atoms with E-state index in [9.17, 15) is 5.11 Å². The van der Waals surface area contributed by atoms with Crippen molar-refractivity contribution in [3.05, 3.63) is 34.9 Å². The number of hydrogen-bond donors (Lipinski definition) is 1. The van der Waals surface area contributed by atoms with Crippen molar-refractivity contribution in [3.8, 4) is 0 Å². The van der Waals surface area contributed by atoms with Gasteiger partial charge in [-0.25, -0.2) is 0 Å². The third-order valence-electron chi connectivity index (χ3n) is 4.03. The first-order chi connectivity index (χ1) is 8.08. The van der Waals surface area contributed by atoms with Gasteiger partial charge in [-0.2, -0.15) is 0 Å². The van der Waals surface area contributed by atoms with Gasteiger partial charge < -0.3 is 5.11 Å². The summed E-state index contributed by atoms with van der Waals surface area (Å²) < 4.78 is 0. The lowest BCUT2D eigenvalue weighted by Gasteiger charge is -2.34. The number of nitrogens with zero attached hydrogens (tertiary/aromatic N) is 1. The van der Waals surface area contributed by atoms with Gasteiger partial charge in [-0.3, -0.25) is 4.90 Å². The first-order valence-electron chi connectivity index (χ1n) is 6.53. The lowest BCUT2D eigenvalue weighted by molar-refractivity contribution is 0.0258. The molecule has 0 aromatic heterocycles. The molecule has 1 heterocycles. The zero-order valence-corrected chi connectivity index (χ0v) is 11.1. The van der Waals surface area contributed by atoms with Gasteiger partial charge in [0.05, 0.1) is 6.10 Å². The van der Waals surface area contributed by atoms with Crippen LogP contribution in [0.2, 0.25) is 0 Å². The standard InChI is InChI=1S/C15H23NO/c1-11-5-4-6-12(2)14(11)9-16-8-7-13(3)15(17)10-16/h4-6,13,15,17H,7-10H2,1-3H3. The van der Waals surface area contributed by atoms with Crippen molar-refractivity contribution in [1.29, 1.82) is 0 Å². The molecule has 0 aliphatic carbocycles. The van der Waals surface area contributed by atoms with Gasteiger partial charge in [0.25, 0.3) is 0 Å². The molecule has 1 aromatic rings. The first kappa shape index (κ1) is 12.6. The van der Waals surface area contributed by atoms with Crippen molar-refractivity contribution < 1.29 is 5.11 Å². The van der Waals surface area contributed by atoms with Crippen molar-refractivity contribution in [3.63, 3.8) is 0 Å². The molecule has 1 aliphatic rings. The third-order valence-corrected chi connectivity index (χ3v) is 4.03. The summed E-state index contributed by atoms with van der Waals surface area (Å²) >= 11 is 0. The van der Waals surface area contributed by atoms with Gasteiger partial charge in [-0.05, 0) is 49.4 Å². The molecule has 1 aliphatic heterocycles. The van der Waals surface area contributed by atoms with Gasteiger partial charge in [0, 0.05) is 13.1 Å². The summed E-state index contributed by atoms with van der Waals surface area (Å²) in [6.45, 7) is 9.38. The highest BCUT2D eigenvalue weighted by atomic mass is 16.3. The van der Waals surface area contributed by atoms with E-state index in [-0.39, 0.29) is 6.10 Å². The minimum absolute atomic E-state index is 0.159. The van der Waals surface area contributed by atoms with Crippen molar-refractivity contribution >= 4 is 0 Å². The molecule has 1 fully saturated rings. The SMILES string of the molecule is Cc1cccc(C)c1CN1CCC(C)C(O)C1. The quantitative estimate of drug-likeness (QED) is 0.848. The highest BCUT2D eigenvalue weighted by molar-refractivity contribution is 5.33. The summed E-state index contributed by atoms with van der Waals surface area (Å²) in [7, 11) is 0. The first-order valence-corrected chi connectivity index (χ1v) is 6.53. The summed E-state index contributed by atoms with van der Waals surface area (Å²) in [5.74, 6) is 0.448. The van der Waals surface area contributed by atoms with E-state index in [1.165, 1.54) is 16.7 Å². The average Bonchev–Trinajstić information content (AvgIpc) is 2.28. The van der Waals surface area contributed by atoms with Crippen LogP contribution >= 0.6 is 0 Å². The van der Waals surface area contributed by atoms with Gasteiger partial charge in [-0.1, -0.05) is 25.1 Å². The van der Waals surface area contributed by atoms with E-state index >= 15 is 0 Å². The van der Waals surface area contributed by atoms with Crippen LogP contribution in [0.15, 0.2) is 18.2 Å². The summed E-state index contributed by atoms with van der Waals surface area (Å²) in [6.07, 6.45) is 0.944. The maximum absolute atomic E-state index is 9.92. The average molecular weight is 233 g/mol. The molecular weight excluding hydrogens is 210 g/mol. The Kier molecular flexibility index (Phi) is 3.85. The zero-order chi connectivity index (χ0) is 12.4. The van der Waals surface area contributed by atoms with E-state index in [1.54, 1.807) is 0 Å². The fourth-order valence-corrected chi connectivity index (χ4v) is 2.58. The van der Waals surface area contributed by atoms with Crippen molar-refractivity contribution in [2.24, 2.45) is 5.92 Å². The lowest BCUT2D eigenvalue weighted by Crippen LogP contribution is -2.42. The van der Waals surface area contributed by atoms with Crippen molar-refractivity contribution in [2.75, 3.05) is 13.1 Å². The number of β-amino-alcohol motifs (C(OH)–C–C–N with tert-alkyl or cyclic N) is 1. The van der Waals surface area contributed by atoms with Crippen LogP contribution in [0.4, 0.5) is 0 Å². The fraction of sp³-hybridized carbons (Fsp3) is 0.600. The molecule has 0 bridgehead atoms. The molecule has 1 saturated heterocycles. The Morgan fingerprint density at radius 3 is 2.53 bits per heavy atom. The van der Waals surface area contributed by atoms with Crippen LogP contribution < -0.4 is 0 Å². The van der Waals surface area contributed by atoms with Crippen LogP contribution in [0.25, 0.3) is 0 Å². The Hall–Kier alpha value is -0.860. The third kappa shape index (κ3) is 2.88. The van der Waals surface area contributed by atoms with E-state index in [0.717, 1.165) is 26.1 Å². The minimum Gasteiger partial charge on any atom is -0.392 e. The molecule has 17 heavy (non-hydrogen) atoms. The van der Waals surface area contributed by atoms with Gasteiger partial charge in [0.2, 0.25) is 0 Å². The number of hydrogen-bond acceptors (Lipinski definition) is 2. The van der Waals surface area contributed by atoms with Gasteiger partial charge >= 0.3 is 0 Å². The van der Waals surface area contributed by atoms with Crippen LogP contribution in [-0.4, -0.2) is 29.2 Å². The molecule has 0 amide bonds.